The van der Waals surface area contributed by atoms with Crippen LogP contribution in [0.2, 0.25) is 0 Å². The number of nitrogens with two attached hydrogens (primary N) is 1. The lowest BCUT2D eigenvalue weighted by molar-refractivity contribution is 0.415. The van der Waals surface area contributed by atoms with Gasteiger partial charge in [-0.1, -0.05) is 18.2 Å². The van der Waals surface area contributed by atoms with Crippen LogP contribution in [-0.2, 0) is 6.42 Å². The number of aromatic hydroxyl groups is 1. The molecule has 1 heterocycles. The third-order valence-corrected chi connectivity index (χ3v) is 3.14. The van der Waals surface area contributed by atoms with Gasteiger partial charge in [-0.05, 0) is 48.9 Å². The third kappa shape index (κ3) is 4.00. The van der Waals surface area contributed by atoms with Gasteiger partial charge in [0, 0.05) is 17.1 Å². The average Bonchev–Trinajstić information content (AvgIpc) is 2.91. The number of aromatic nitrogens is 1. The highest BCUT2D eigenvalue weighted by atomic mass is 16.5. The summed E-state index contributed by atoms with van der Waals surface area (Å²) in [5.41, 5.74) is 7.92. The number of fused-ring (bicyclic) bond motifs is 1. The topological polar surface area (TPSA) is 71.3 Å². The quantitative estimate of drug-likeness (QED) is 0.692. The molecular formula is C17H20N2O2. The molecule has 0 aliphatic rings. The summed E-state index contributed by atoms with van der Waals surface area (Å²) in [5, 5.41) is 9.84. The molecular weight excluding hydrogens is 264 g/mol. The fraction of sp³-hybridized carbons (Fsp3) is 0.176. The largest absolute Gasteiger partial charge is 0.508 e. The van der Waals surface area contributed by atoms with Crippen LogP contribution in [0, 0.1) is 0 Å². The van der Waals surface area contributed by atoms with Crippen LogP contribution in [-0.4, -0.2) is 23.7 Å². The van der Waals surface area contributed by atoms with Crippen molar-refractivity contribution >= 4 is 10.9 Å². The van der Waals surface area contributed by atoms with Crippen LogP contribution < -0.4 is 10.5 Å². The van der Waals surface area contributed by atoms with Gasteiger partial charge in [0.1, 0.15) is 11.5 Å². The van der Waals surface area contributed by atoms with Crippen LogP contribution in [0.1, 0.15) is 5.56 Å². The highest BCUT2D eigenvalue weighted by Gasteiger charge is 2.03. The number of phenols is 1. The molecule has 0 unspecified atom stereocenters. The maximum Gasteiger partial charge on any atom is 0.119 e. The minimum Gasteiger partial charge on any atom is -0.508 e. The standard InChI is InChI=1S/C11H14N2O.C6H6O/c1-14-9-2-3-11-10(6-9)8(4-5-12)7-13-11;7-6-4-2-1-3-5-6/h2-3,6-7,13H,4-5,12H2,1H3;1-5,7H. The summed E-state index contributed by atoms with van der Waals surface area (Å²) in [6.45, 7) is 0.671. The van der Waals surface area contributed by atoms with Crippen molar-refractivity contribution < 1.29 is 9.84 Å². The first-order valence-corrected chi connectivity index (χ1v) is 6.82. The van der Waals surface area contributed by atoms with Gasteiger partial charge in [-0.25, -0.2) is 0 Å². The number of hydrogen-bond acceptors (Lipinski definition) is 3. The molecule has 4 heteroatoms. The summed E-state index contributed by atoms with van der Waals surface area (Å²) >= 11 is 0. The van der Waals surface area contributed by atoms with Gasteiger partial charge in [0.15, 0.2) is 0 Å². The predicted molar refractivity (Wildman–Crippen MR) is 85.7 cm³/mol. The molecule has 0 aliphatic heterocycles. The predicted octanol–water partition coefficient (Wildman–Crippen LogP) is 3.07. The lowest BCUT2D eigenvalue weighted by atomic mass is 10.1. The number of methoxy groups -OCH3 is 1. The maximum absolute atomic E-state index is 8.63. The van der Waals surface area contributed by atoms with E-state index in [1.54, 1.807) is 31.4 Å². The molecule has 0 bridgehead atoms. The Morgan fingerprint density at radius 2 is 1.90 bits per heavy atom. The van der Waals surface area contributed by atoms with E-state index in [0.717, 1.165) is 17.7 Å². The smallest absolute Gasteiger partial charge is 0.119 e. The van der Waals surface area contributed by atoms with Crippen LogP contribution in [0.15, 0.2) is 54.7 Å². The van der Waals surface area contributed by atoms with Gasteiger partial charge in [-0.2, -0.15) is 0 Å². The van der Waals surface area contributed by atoms with Crippen molar-refractivity contribution in [3.8, 4) is 11.5 Å². The highest BCUT2D eigenvalue weighted by molar-refractivity contribution is 5.84. The zero-order valence-electron chi connectivity index (χ0n) is 12.0. The number of ether oxygens (including phenoxy) is 1. The first-order chi connectivity index (χ1) is 10.2. The van der Waals surface area contributed by atoms with E-state index in [1.807, 2.05) is 30.5 Å². The van der Waals surface area contributed by atoms with E-state index in [2.05, 4.69) is 4.98 Å². The number of hydrogen-bond donors (Lipinski definition) is 3. The molecule has 4 N–H and O–H groups in total. The monoisotopic (exact) mass is 284 g/mol. The number of nitrogens with one attached hydrogen (secondary N) is 1. The number of H-pyrrole nitrogens is 1. The summed E-state index contributed by atoms with van der Waals surface area (Å²) in [6.07, 6.45) is 2.91. The number of para-hydroxylation sites is 1. The Bertz CT molecular complexity index is 678. The fourth-order valence-corrected chi connectivity index (χ4v) is 2.07. The van der Waals surface area contributed by atoms with E-state index >= 15 is 0 Å². The second-order valence-electron chi connectivity index (χ2n) is 4.60. The number of phenolic OH excluding ortho intramolecular Hbond substituents is 1. The minimum absolute atomic E-state index is 0.322. The van der Waals surface area contributed by atoms with Gasteiger partial charge >= 0.3 is 0 Å². The van der Waals surface area contributed by atoms with Crippen molar-refractivity contribution in [3.05, 3.63) is 60.3 Å². The normalized spacial score (nSPS) is 10.0. The molecule has 3 rings (SSSR count). The molecule has 21 heavy (non-hydrogen) atoms. The summed E-state index contributed by atoms with van der Waals surface area (Å²) in [5.74, 6) is 1.21. The van der Waals surface area contributed by atoms with Crippen LogP contribution in [0.25, 0.3) is 10.9 Å². The molecule has 110 valence electrons. The van der Waals surface area contributed by atoms with Crippen molar-refractivity contribution in [1.82, 2.24) is 4.98 Å². The molecule has 0 amide bonds. The average molecular weight is 284 g/mol. The molecule has 4 nitrogen and oxygen atoms in total. The Balaban J connectivity index is 0.000000194. The first-order valence-electron chi connectivity index (χ1n) is 6.82. The number of rotatable bonds is 3. The van der Waals surface area contributed by atoms with E-state index in [9.17, 15) is 0 Å². The van der Waals surface area contributed by atoms with Crippen molar-refractivity contribution in [3.63, 3.8) is 0 Å². The van der Waals surface area contributed by atoms with Crippen LogP contribution in [0.5, 0.6) is 11.5 Å². The summed E-state index contributed by atoms with van der Waals surface area (Å²) in [6, 6.07) is 14.7. The van der Waals surface area contributed by atoms with E-state index in [4.69, 9.17) is 15.6 Å². The van der Waals surface area contributed by atoms with Gasteiger partial charge in [-0.3, -0.25) is 0 Å². The summed E-state index contributed by atoms with van der Waals surface area (Å²) in [7, 11) is 1.68. The van der Waals surface area contributed by atoms with Gasteiger partial charge in [0.2, 0.25) is 0 Å². The zero-order valence-corrected chi connectivity index (χ0v) is 12.0. The third-order valence-electron chi connectivity index (χ3n) is 3.14. The van der Waals surface area contributed by atoms with E-state index in [1.165, 1.54) is 10.9 Å². The fourth-order valence-electron chi connectivity index (χ4n) is 2.07. The van der Waals surface area contributed by atoms with Crippen LogP contribution in [0.3, 0.4) is 0 Å². The van der Waals surface area contributed by atoms with Crippen molar-refractivity contribution in [2.75, 3.05) is 13.7 Å². The number of benzene rings is 2. The van der Waals surface area contributed by atoms with Crippen molar-refractivity contribution in [2.45, 2.75) is 6.42 Å². The molecule has 0 fully saturated rings. The number of aromatic amines is 1. The molecule has 3 aromatic rings. The Kier molecular flexibility index (Phi) is 5.23. The SMILES string of the molecule is COc1ccc2[nH]cc(CCN)c2c1.Oc1ccccc1. The second-order valence-corrected chi connectivity index (χ2v) is 4.60. The van der Waals surface area contributed by atoms with Crippen LogP contribution in [0.4, 0.5) is 0 Å². The van der Waals surface area contributed by atoms with E-state index < -0.39 is 0 Å². The van der Waals surface area contributed by atoms with Gasteiger partial charge in [0.05, 0.1) is 7.11 Å². The van der Waals surface area contributed by atoms with Gasteiger partial charge in [0.25, 0.3) is 0 Å². The molecule has 0 spiro atoms. The van der Waals surface area contributed by atoms with Gasteiger partial charge in [-0.15, -0.1) is 0 Å². The molecule has 0 saturated carbocycles. The first kappa shape index (κ1) is 14.9. The summed E-state index contributed by atoms with van der Waals surface area (Å²) in [4.78, 5) is 3.21. The highest BCUT2D eigenvalue weighted by Crippen LogP contribution is 2.23. The van der Waals surface area contributed by atoms with Crippen LogP contribution >= 0.6 is 0 Å². The Labute approximate surface area is 124 Å². The van der Waals surface area contributed by atoms with E-state index in [0.29, 0.717) is 12.3 Å². The maximum atomic E-state index is 8.63. The van der Waals surface area contributed by atoms with Crippen molar-refractivity contribution in [2.24, 2.45) is 5.73 Å². The minimum atomic E-state index is 0.322. The zero-order chi connectivity index (χ0) is 15.1. The summed E-state index contributed by atoms with van der Waals surface area (Å²) < 4.78 is 5.18. The molecule has 0 saturated heterocycles. The molecule has 2 aromatic carbocycles. The Morgan fingerprint density at radius 1 is 1.14 bits per heavy atom. The molecule has 0 atom stereocenters. The van der Waals surface area contributed by atoms with Crippen molar-refractivity contribution in [1.29, 1.82) is 0 Å². The molecule has 1 aromatic heterocycles. The second kappa shape index (κ2) is 7.36. The Morgan fingerprint density at radius 3 is 2.48 bits per heavy atom. The Hall–Kier alpha value is -2.46. The lowest BCUT2D eigenvalue weighted by Gasteiger charge is -2.00. The lowest BCUT2D eigenvalue weighted by Crippen LogP contribution is -2.01. The molecule has 0 radical (unpaired) electrons. The molecule has 0 aliphatic carbocycles. The van der Waals surface area contributed by atoms with E-state index in [-0.39, 0.29) is 0 Å². The van der Waals surface area contributed by atoms with Gasteiger partial charge < -0.3 is 20.6 Å².